The van der Waals surface area contributed by atoms with Gasteiger partial charge in [-0.15, -0.1) is 0 Å². The van der Waals surface area contributed by atoms with E-state index in [0.29, 0.717) is 0 Å². The summed E-state index contributed by atoms with van der Waals surface area (Å²) in [5, 5.41) is 18.5. The first-order valence-electron chi connectivity index (χ1n) is 3.78. The van der Waals surface area contributed by atoms with E-state index in [0.717, 1.165) is 0 Å². The van der Waals surface area contributed by atoms with Crippen LogP contribution in [0.25, 0.3) is 0 Å². The van der Waals surface area contributed by atoms with Gasteiger partial charge in [0.25, 0.3) is 0 Å². The second-order valence-corrected chi connectivity index (χ2v) is 4.13. The van der Waals surface area contributed by atoms with Crippen molar-refractivity contribution in [1.29, 1.82) is 0 Å². The normalized spacial score (nSPS) is 39.8. The quantitative estimate of drug-likeness (QED) is 0.327. The number of rotatable bonds is 2. The van der Waals surface area contributed by atoms with Gasteiger partial charge in [0.2, 0.25) is 0 Å². The summed E-state index contributed by atoms with van der Waals surface area (Å²) in [6.07, 6.45) is -4.47. The predicted octanol–water partition coefficient (Wildman–Crippen LogP) is -2.50. The van der Waals surface area contributed by atoms with Crippen LogP contribution in [0.1, 0.15) is 0 Å². The fraction of sp³-hybridized carbons (Fsp3) is 1.00. The van der Waals surface area contributed by atoms with E-state index in [-0.39, 0.29) is 6.61 Å². The van der Waals surface area contributed by atoms with E-state index < -0.39 is 32.4 Å². The Labute approximate surface area is 79.5 Å². The van der Waals surface area contributed by atoms with Crippen molar-refractivity contribution in [3.8, 4) is 0 Å². The molecule has 1 rings (SSSR count). The van der Waals surface area contributed by atoms with Crippen LogP contribution >= 0.6 is 7.82 Å². The Morgan fingerprint density at radius 2 is 1.93 bits per heavy atom. The van der Waals surface area contributed by atoms with Gasteiger partial charge in [-0.05, 0) is 0 Å². The smallest absolute Gasteiger partial charge is 0.388 e. The van der Waals surface area contributed by atoms with Crippen LogP contribution in [-0.2, 0) is 13.8 Å². The number of phosphoric acid groups is 1. The summed E-state index contributed by atoms with van der Waals surface area (Å²) >= 11 is 0. The molecule has 1 aliphatic heterocycles. The van der Waals surface area contributed by atoms with Gasteiger partial charge in [0, 0.05) is 0 Å². The largest absolute Gasteiger partial charge is 0.472 e. The first-order chi connectivity index (χ1) is 6.31. The third kappa shape index (κ3) is 2.97. The van der Waals surface area contributed by atoms with Gasteiger partial charge in [-0.1, -0.05) is 0 Å². The third-order valence-electron chi connectivity index (χ3n) is 1.76. The van der Waals surface area contributed by atoms with Gasteiger partial charge in [0.05, 0.1) is 12.6 Å². The van der Waals surface area contributed by atoms with E-state index in [9.17, 15) is 14.8 Å². The number of hydrogen-bond donors (Lipinski definition) is 5. The summed E-state index contributed by atoms with van der Waals surface area (Å²) < 4.78 is 19.2. The van der Waals surface area contributed by atoms with E-state index in [2.05, 4.69) is 4.52 Å². The van der Waals surface area contributed by atoms with Gasteiger partial charge in [-0.3, -0.25) is 4.52 Å². The van der Waals surface area contributed by atoms with Crippen molar-refractivity contribution in [2.45, 2.75) is 24.5 Å². The predicted molar refractivity (Wildman–Crippen MR) is 42.9 cm³/mol. The van der Waals surface area contributed by atoms with Crippen molar-refractivity contribution in [3.63, 3.8) is 0 Å². The van der Waals surface area contributed by atoms with Gasteiger partial charge in [0.15, 0.2) is 6.29 Å². The van der Waals surface area contributed by atoms with E-state index in [1.165, 1.54) is 0 Å². The molecule has 0 aromatic rings. The van der Waals surface area contributed by atoms with Crippen molar-refractivity contribution in [1.82, 2.24) is 0 Å². The molecule has 0 aromatic heterocycles. The van der Waals surface area contributed by atoms with Crippen molar-refractivity contribution >= 4 is 7.82 Å². The average molecular weight is 229 g/mol. The van der Waals surface area contributed by atoms with Crippen LogP contribution in [0, 0.1) is 0 Å². The van der Waals surface area contributed by atoms with E-state index in [1.807, 2.05) is 0 Å². The molecule has 0 aromatic carbocycles. The first-order valence-corrected chi connectivity index (χ1v) is 5.31. The summed E-state index contributed by atoms with van der Waals surface area (Å²) in [6.45, 7) is -0.150. The Morgan fingerprint density at radius 1 is 1.36 bits per heavy atom. The number of aliphatic hydroxyl groups is 2. The molecule has 0 bridgehead atoms. The van der Waals surface area contributed by atoms with Gasteiger partial charge in [-0.25, -0.2) is 4.57 Å². The Bertz CT molecular complexity index is 242. The van der Waals surface area contributed by atoms with Crippen molar-refractivity contribution in [2.75, 3.05) is 6.61 Å². The molecule has 1 heterocycles. The molecule has 4 atom stereocenters. The minimum atomic E-state index is -4.75. The molecular formula is C5H12NO7P. The van der Waals surface area contributed by atoms with E-state index in [4.69, 9.17) is 20.3 Å². The molecule has 84 valence electrons. The van der Waals surface area contributed by atoms with E-state index >= 15 is 0 Å². The molecule has 0 radical (unpaired) electrons. The van der Waals surface area contributed by atoms with Crippen molar-refractivity contribution in [2.24, 2.45) is 5.73 Å². The average Bonchev–Trinajstić information content (AvgIpc) is 2.04. The van der Waals surface area contributed by atoms with E-state index in [1.54, 1.807) is 0 Å². The molecule has 14 heavy (non-hydrogen) atoms. The molecule has 4 unspecified atom stereocenters. The maximum atomic E-state index is 10.4. The summed E-state index contributed by atoms with van der Waals surface area (Å²) in [5.74, 6) is 0. The highest BCUT2D eigenvalue weighted by Crippen LogP contribution is 2.39. The van der Waals surface area contributed by atoms with Crippen LogP contribution in [0.3, 0.4) is 0 Å². The number of ether oxygens (including phenoxy) is 1. The third-order valence-corrected chi connectivity index (χ3v) is 2.24. The number of hydrogen-bond acceptors (Lipinski definition) is 6. The van der Waals surface area contributed by atoms with Crippen LogP contribution in [0.4, 0.5) is 0 Å². The molecule has 8 nitrogen and oxygen atoms in total. The molecule has 1 fully saturated rings. The first kappa shape index (κ1) is 12.0. The second-order valence-electron chi connectivity index (χ2n) is 2.94. The SMILES string of the molecule is NC1COC(OP(=O)(O)O)C(O)C1O. The highest BCUT2D eigenvalue weighted by Gasteiger charge is 2.40. The Hall–Kier alpha value is -0.0500. The lowest BCUT2D eigenvalue weighted by Crippen LogP contribution is -2.56. The summed E-state index contributed by atoms with van der Waals surface area (Å²) in [7, 11) is -4.75. The molecule has 9 heteroatoms. The molecular weight excluding hydrogens is 217 g/mol. The zero-order chi connectivity index (χ0) is 10.9. The van der Waals surface area contributed by atoms with Gasteiger partial charge in [0.1, 0.15) is 12.2 Å². The fourth-order valence-corrected chi connectivity index (χ4v) is 1.50. The summed E-state index contributed by atoms with van der Waals surface area (Å²) in [6, 6.07) is -0.804. The molecule has 1 aliphatic rings. The summed E-state index contributed by atoms with van der Waals surface area (Å²) in [5.41, 5.74) is 5.31. The number of phosphoric ester groups is 1. The van der Waals surface area contributed by atoms with Crippen LogP contribution in [0.5, 0.6) is 0 Å². The molecule has 0 amide bonds. The minimum Gasteiger partial charge on any atom is -0.388 e. The number of nitrogens with two attached hydrogens (primary N) is 1. The standard InChI is InChI=1S/C5H12NO7P/c6-2-1-12-5(4(8)3(2)7)13-14(9,10)11/h2-5,7-8H,1,6H2,(H2,9,10,11). The van der Waals surface area contributed by atoms with Crippen LogP contribution in [-0.4, -0.2) is 51.1 Å². The molecule has 0 saturated carbocycles. The summed E-state index contributed by atoms with van der Waals surface area (Å²) in [4.78, 5) is 16.8. The van der Waals surface area contributed by atoms with Crippen molar-refractivity contribution < 1.29 is 33.8 Å². The molecule has 0 spiro atoms. The van der Waals surface area contributed by atoms with Gasteiger partial charge in [-0.2, -0.15) is 0 Å². The Morgan fingerprint density at radius 3 is 2.43 bits per heavy atom. The maximum Gasteiger partial charge on any atom is 0.472 e. The molecule has 6 N–H and O–H groups in total. The van der Waals surface area contributed by atoms with Crippen molar-refractivity contribution in [3.05, 3.63) is 0 Å². The zero-order valence-corrected chi connectivity index (χ0v) is 7.95. The van der Waals surface area contributed by atoms with Crippen LogP contribution < -0.4 is 5.73 Å². The number of aliphatic hydroxyl groups excluding tert-OH is 2. The lowest BCUT2D eigenvalue weighted by atomic mass is 10.0. The monoisotopic (exact) mass is 229 g/mol. The van der Waals surface area contributed by atoms with Crippen LogP contribution in [0.2, 0.25) is 0 Å². The molecule has 0 aliphatic carbocycles. The molecule has 1 saturated heterocycles. The van der Waals surface area contributed by atoms with Crippen LogP contribution in [0.15, 0.2) is 0 Å². The zero-order valence-electron chi connectivity index (χ0n) is 7.05. The fourth-order valence-electron chi connectivity index (χ4n) is 1.05. The lowest BCUT2D eigenvalue weighted by Gasteiger charge is -2.35. The Balaban J connectivity index is 2.60. The Kier molecular flexibility index (Phi) is 3.62. The van der Waals surface area contributed by atoms with Gasteiger partial charge >= 0.3 is 7.82 Å². The topological polar surface area (TPSA) is 142 Å². The highest BCUT2D eigenvalue weighted by molar-refractivity contribution is 7.46. The second kappa shape index (κ2) is 4.21. The lowest BCUT2D eigenvalue weighted by molar-refractivity contribution is -0.218. The maximum absolute atomic E-state index is 10.4. The highest BCUT2D eigenvalue weighted by atomic mass is 31.2. The van der Waals surface area contributed by atoms with Gasteiger partial charge < -0.3 is 30.5 Å². The minimum absolute atomic E-state index is 0.150.